The fourth-order valence-electron chi connectivity index (χ4n) is 8.71. The minimum atomic E-state index is -0.445. The molecule has 4 aromatic carbocycles. The van der Waals surface area contributed by atoms with Crippen molar-refractivity contribution >= 4 is 11.3 Å². The van der Waals surface area contributed by atoms with E-state index in [4.69, 9.17) is 18.9 Å². The molecule has 334 valence electrons. The molecule has 0 spiro atoms. The molecule has 0 bridgehead atoms. The van der Waals surface area contributed by atoms with Gasteiger partial charge in [-0.3, -0.25) is 0 Å². The standard InChI is InChI=1S/C56H74O6/c1-5-6-7-8-42(3)62-43(4)49-26-33-55(34-27-49)60-38-36-53(58)29-16-46-17-30-54(31-18-46)59-37-35-52(57)28-15-44-9-20-48(21-10-44)41(2)39-47-13-24-51(25-14-47)50-22-11-45(12-23-50)19-32-56-40-61-56/h9-12,17-18,20-23,26-27,30-31,33-34,42,47,51-53,56-58H,2,4-8,13-16,19,24-25,28-29,32,35-40H2,1,3H3. The number of hydrogen-bond acceptors (Lipinski definition) is 6. The highest BCUT2D eigenvalue weighted by molar-refractivity contribution is 5.63. The van der Waals surface area contributed by atoms with Crippen LogP contribution in [0.4, 0.5) is 0 Å². The summed E-state index contributed by atoms with van der Waals surface area (Å²) < 4.78 is 23.2. The Balaban J connectivity index is 0.790. The van der Waals surface area contributed by atoms with Crippen LogP contribution >= 0.6 is 0 Å². The molecule has 1 heterocycles. The van der Waals surface area contributed by atoms with E-state index in [2.05, 4.69) is 87.7 Å². The van der Waals surface area contributed by atoms with Crippen molar-refractivity contribution in [3.8, 4) is 11.5 Å². The lowest BCUT2D eigenvalue weighted by atomic mass is 9.76. The monoisotopic (exact) mass is 843 g/mol. The molecular weight excluding hydrogens is 769 g/mol. The summed E-state index contributed by atoms with van der Waals surface area (Å²) in [6.07, 6.45) is 16.9. The van der Waals surface area contributed by atoms with Gasteiger partial charge < -0.3 is 29.2 Å². The summed E-state index contributed by atoms with van der Waals surface area (Å²) in [4.78, 5) is 0. The predicted octanol–water partition coefficient (Wildman–Crippen LogP) is 12.9. The van der Waals surface area contributed by atoms with Crippen molar-refractivity contribution in [1.82, 2.24) is 0 Å². The molecule has 6 heteroatoms. The molecule has 2 fully saturated rings. The number of ether oxygens (including phenoxy) is 4. The molecule has 6 rings (SSSR count). The fourth-order valence-corrected chi connectivity index (χ4v) is 8.71. The van der Waals surface area contributed by atoms with E-state index in [-0.39, 0.29) is 6.10 Å². The fraction of sp³-hybridized carbons (Fsp3) is 0.500. The molecule has 6 nitrogen and oxygen atoms in total. The van der Waals surface area contributed by atoms with E-state index in [1.807, 2.05) is 36.4 Å². The van der Waals surface area contributed by atoms with Crippen LogP contribution in [0.3, 0.4) is 0 Å². The molecular formula is C56H74O6. The van der Waals surface area contributed by atoms with Gasteiger partial charge in [-0.15, -0.1) is 0 Å². The molecule has 2 N–H and O–H groups in total. The van der Waals surface area contributed by atoms with Crippen LogP contribution in [0.5, 0.6) is 11.5 Å². The van der Waals surface area contributed by atoms with Crippen LogP contribution in [0.25, 0.3) is 11.3 Å². The van der Waals surface area contributed by atoms with Gasteiger partial charge in [0.1, 0.15) is 17.3 Å². The number of epoxide rings is 1. The maximum absolute atomic E-state index is 10.7. The highest BCUT2D eigenvalue weighted by Crippen LogP contribution is 2.39. The first kappa shape index (κ1) is 47.1. The van der Waals surface area contributed by atoms with Crippen molar-refractivity contribution in [1.29, 1.82) is 0 Å². The zero-order valence-corrected chi connectivity index (χ0v) is 37.8. The third kappa shape index (κ3) is 16.4. The summed E-state index contributed by atoms with van der Waals surface area (Å²) in [6.45, 7) is 14.7. The van der Waals surface area contributed by atoms with Gasteiger partial charge in [-0.1, -0.05) is 93.6 Å². The van der Waals surface area contributed by atoms with Gasteiger partial charge in [-0.05, 0) is 172 Å². The van der Waals surface area contributed by atoms with Crippen molar-refractivity contribution in [3.63, 3.8) is 0 Å². The van der Waals surface area contributed by atoms with E-state index in [1.165, 1.54) is 72.8 Å². The van der Waals surface area contributed by atoms with E-state index >= 15 is 0 Å². The molecule has 0 amide bonds. The van der Waals surface area contributed by atoms with E-state index in [1.54, 1.807) is 0 Å². The Morgan fingerprint density at radius 3 is 1.73 bits per heavy atom. The number of aliphatic hydroxyl groups excluding tert-OH is 2. The summed E-state index contributed by atoms with van der Waals surface area (Å²) in [7, 11) is 0. The lowest BCUT2D eigenvalue weighted by Gasteiger charge is -2.29. The molecule has 1 saturated heterocycles. The van der Waals surface area contributed by atoms with E-state index < -0.39 is 12.2 Å². The summed E-state index contributed by atoms with van der Waals surface area (Å²) in [6, 6.07) is 34.1. The molecule has 1 aliphatic carbocycles. The Labute approximate surface area is 373 Å². The van der Waals surface area contributed by atoms with Crippen molar-refractivity contribution in [2.45, 2.75) is 153 Å². The Hall–Kier alpha value is -4.36. The second-order valence-corrected chi connectivity index (χ2v) is 18.1. The predicted molar refractivity (Wildman–Crippen MR) is 255 cm³/mol. The maximum Gasteiger partial charge on any atom is 0.119 e. The Kier molecular flexibility index (Phi) is 19.1. The highest BCUT2D eigenvalue weighted by Gasteiger charge is 2.24. The van der Waals surface area contributed by atoms with Crippen molar-refractivity contribution in [3.05, 3.63) is 144 Å². The van der Waals surface area contributed by atoms with Gasteiger partial charge in [0.25, 0.3) is 0 Å². The zero-order valence-electron chi connectivity index (χ0n) is 37.8. The topological polar surface area (TPSA) is 80.7 Å². The van der Waals surface area contributed by atoms with Crippen molar-refractivity contribution in [2.24, 2.45) is 5.92 Å². The average molecular weight is 843 g/mol. The SMILES string of the molecule is C=C(CC1CCC(c2ccc(CCC3CO3)cc2)CC1)c1ccc(CCC(O)CCOc2ccc(CCC(O)CCOc3ccc(C(=C)OC(C)CCCCC)cc3)cc2)cc1. The summed E-state index contributed by atoms with van der Waals surface area (Å²) in [5, 5.41) is 21.3. The number of aryl methyl sites for hydroxylation is 3. The van der Waals surface area contributed by atoms with Crippen molar-refractivity contribution in [2.75, 3.05) is 19.8 Å². The molecule has 4 aromatic rings. The highest BCUT2D eigenvalue weighted by atomic mass is 16.6. The van der Waals surface area contributed by atoms with Crippen molar-refractivity contribution < 1.29 is 29.2 Å². The van der Waals surface area contributed by atoms with E-state index in [0.717, 1.165) is 67.8 Å². The maximum atomic E-state index is 10.7. The second-order valence-electron chi connectivity index (χ2n) is 18.1. The van der Waals surface area contributed by atoms with E-state index in [0.29, 0.717) is 62.6 Å². The van der Waals surface area contributed by atoms with Crippen LogP contribution < -0.4 is 9.47 Å². The first-order chi connectivity index (χ1) is 30.2. The Morgan fingerprint density at radius 1 is 0.645 bits per heavy atom. The van der Waals surface area contributed by atoms with Gasteiger partial charge in [0, 0.05) is 18.4 Å². The van der Waals surface area contributed by atoms with Crippen LogP contribution in [0.1, 0.15) is 143 Å². The summed E-state index contributed by atoms with van der Waals surface area (Å²) in [5.74, 6) is 3.64. The van der Waals surface area contributed by atoms with Crippen LogP contribution in [-0.4, -0.2) is 54.4 Å². The van der Waals surface area contributed by atoms with Gasteiger partial charge in [0.2, 0.25) is 0 Å². The van der Waals surface area contributed by atoms with Gasteiger partial charge in [-0.25, -0.2) is 0 Å². The smallest absolute Gasteiger partial charge is 0.119 e. The molecule has 1 saturated carbocycles. The first-order valence-corrected chi connectivity index (χ1v) is 23.8. The van der Waals surface area contributed by atoms with Gasteiger partial charge in [0.05, 0.1) is 44.2 Å². The normalized spacial score (nSPS) is 18.7. The summed E-state index contributed by atoms with van der Waals surface area (Å²) >= 11 is 0. The van der Waals surface area contributed by atoms with Crippen LogP contribution in [0, 0.1) is 5.92 Å². The number of unbranched alkanes of at least 4 members (excludes halogenated alkanes) is 2. The Morgan fingerprint density at radius 2 is 1.16 bits per heavy atom. The molecule has 0 aromatic heterocycles. The molecule has 4 atom stereocenters. The Bertz CT molecular complexity index is 1890. The molecule has 2 aliphatic rings. The van der Waals surface area contributed by atoms with Crippen LogP contribution in [0.15, 0.2) is 110 Å². The van der Waals surface area contributed by atoms with Crippen LogP contribution in [-0.2, 0) is 28.7 Å². The number of rotatable bonds is 28. The zero-order chi connectivity index (χ0) is 43.5. The number of benzene rings is 4. The minimum absolute atomic E-state index is 0.153. The van der Waals surface area contributed by atoms with Crippen LogP contribution in [0.2, 0.25) is 0 Å². The summed E-state index contributed by atoms with van der Waals surface area (Å²) in [5.41, 5.74) is 8.76. The average Bonchev–Trinajstić information content (AvgIpc) is 4.13. The number of hydrogen-bond donors (Lipinski definition) is 2. The molecule has 4 unspecified atom stereocenters. The minimum Gasteiger partial charge on any atom is -0.493 e. The second kappa shape index (κ2) is 25.1. The van der Waals surface area contributed by atoms with Gasteiger partial charge in [0.15, 0.2) is 0 Å². The van der Waals surface area contributed by atoms with Gasteiger partial charge >= 0.3 is 0 Å². The third-order valence-corrected chi connectivity index (χ3v) is 13.0. The lowest BCUT2D eigenvalue weighted by Crippen LogP contribution is -2.14. The number of aliphatic hydroxyl groups is 2. The third-order valence-electron chi connectivity index (χ3n) is 13.0. The molecule has 0 radical (unpaired) electrons. The molecule has 1 aliphatic heterocycles. The lowest BCUT2D eigenvalue weighted by molar-refractivity contribution is 0.131. The quantitative estimate of drug-likeness (QED) is 0.0337. The largest absolute Gasteiger partial charge is 0.493 e. The molecule has 62 heavy (non-hydrogen) atoms. The van der Waals surface area contributed by atoms with Gasteiger partial charge in [-0.2, -0.15) is 0 Å². The first-order valence-electron chi connectivity index (χ1n) is 23.8. The van der Waals surface area contributed by atoms with E-state index in [9.17, 15) is 10.2 Å². The number of allylic oxidation sites excluding steroid dienone is 1.